The standard InChI is InChI=1S/C20H13ClF3NO5S2/c1-29-15-6-10(2-5-14(15)30-9-17(26)27)7-16-18(28)25(19(31)32-16)11-3-4-13(21)12(8-11)20(22,23)24/h2-8H,9H2,1H3,(H,26,27)/b16-7+. The van der Waals surface area contributed by atoms with Gasteiger partial charge in [0.05, 0.1) is 28.3 Å². The Morgan fingerprint density at radius 3 is 2.59 bits per heavy atom. The third kappa shape index (κ3) is 5.17. The maximum absolute atomic E-state index is 13.2. The molecule has 0 aliphatic carbocycles. The molecule has 168 valence electrons. The quantitative estimate of drug-likeness (QED) is 0.427. The highest BCUT2D eigenvalue weighted by Crippen LogP contribution is 2.41. The third-order valence-corrected chi connectivity index (χ3v) is 5.78. The molecule has 2 aromatic rings. The van der Waals surface area contributed by atoms with Crippen molar-refractivity contribution in [2.24, 2.45) is 0 Å². The predicted molar refractivity (Wildman–Crippen MR) is 118 cm³/mol. The van der Waals surface area contributed by atoms with E-state index in [4.69, 9.17) is 38.4 Å². The highest BCUT2D eigenvalue weighted by molar-refractivity contribution is 8.27. The summed E-state index contributed by atoms with van der Waals surface area (Å²) in [6.07, 6.45) is -3.20. The van der Waals surface area contributed by atoms with Gasteiger partial charge in [-0.15, -0.1) is 0 Å². The molecule has 1 heterocycles. The Kier molecular flexibility index (Phi) is 7.01. The molecule has 1 N–H and O–H groups in total. The van der Waals surface area contributed by atoms with Crippen LogP contribution >= 0.6 is 35.6 Å². The van der Waals surface area contributed by atoms with E-state index in [1.165, 1.54) is 31.4 Å². The lowest BCUT2D eigenvalue weighted by Gasteiger charge is -2.17. The summed E-state index contributed by atoms with van der Waals surface area (Å²) < 4.78 is 49.9. The number of anilines is 1. The van der Waals surface area contributed by atoms with Crippen LogP contribution in [0.3, 0.4) is 0 Å². The van der Waals surface area contributed by atoms with Gasteiger partial charge >= 0.3 is 12.1 Å². The zero-order valence-corrected chi connectivity index (χ0v) is 18.5. The van der Waals surface area contributed by atoms with E-state index in [0.717, 1.165) is 28.8 Å². The number of methoxy groups -OCH3 is 1. The maximum atomic E-state index is 13.2. The van der Waals surface area contributed by atoms with E-state index >= 15 is 0 Å². The van der Waals surface area contributed by atoms with E-state index in [1.807, 2.05) is 0 Å². The van der Waals surface area contributed by atoms with Crippen LogP contribution in [0.2, 0.25) is 5.02 Å². The minimum atomic E-state index is -4.69. The third-order valence-electron chi connectivity index (χ3n) is 4.14. The second-order valence-electron chi connectivity index (χ2n) is 6.27. The molecular weight excluding hydrogens is 491 g/mol. The molecule has 1 saturated heterocycles. The van der Waals surface area contributed by atoms with Crippen molar-refractivity contribution in [3.05, 3.63) is 57.5 Å². The van der Waals surface area contributed by atoms with Crippen LogP contribution in [0.4, 0.5) is 18.9 Å². The molecule has 0 saturated carbocycles. The first-order chi connectivity index (χ1) is 15.0. The normalized spacial score (nSPS) is 15.4. The van der Waals surface area contributed by atoms with Crippen molar-refractivity contribution in [2.75, 3.05) is 18.6 Å². The van der Waals surface area contributed by atoms with Crippen molar-refractivity contribution in [1.82, 2.24) is 0 Å². The number of halogens is 4. The molecule has 1 amide bonds. The number of alkyl halides is 3. The van der Waals surface area contributed by atoms with Gasteiger partial charge in [-0.05, 0) is 42.0 Å². The van der Waals surface area contributed by atoms with Gasteiger partial charge in [0.1, 0.15) is 0 Å². The summed E-state index contributed by atoms with van der Waals surface area (Å²) in [5.41, 5.74) is -0.615. The molecular formula is C20H13ClF3NO5S2. The molecule has 2 aromatic carbocycles. The summed E-state index contributed by atoms with van der Waals surface area (Å²) in [6, 6.07) is 7.67. The fourth-order valence-electron chi connectivity index (χ4n) is 2.74. The molecule has 1 fully saturated rings. The number of ether oxygens (including phenoxy) is 2. The number of carbonyl (C=O) groups is 2. The molecule has 32 heavy (non-hydrogen) atoms. The monoisotopic (exact) mass is 503 g/mol. The van der Waals surface area contributed by atoms with E-state index in [-0.39, 0.29) is 26.4 Å². The van der Waals surface area contributed by atoms with Gasteiger partial charge in [0.15, 0.2) is 22.4 Å². The number of benzene rings is 2. The Morgan fingerprint density at radius 2 is 1.97 bits per heavy atom. The Morgan fingerprint density at radius 1 is 1.25 bits per heavy atom. The van der Waals surface area contributed by atoms with Gasteiger partial charge in [0.2, 0.25) is 0 Å². The molecule has 0 spiro atoms. The highest BCUT2D eigenvalue weighted by Gasteiger charge is 2.37. The summed E-state index contributed by atoms with van der Waals surface area (Å²) in [5, 5.41) is 8.24. The van der Waals surface area contributed by atoms with Crippen LogP contribution in [0.5, 0.6) is 11.5 Å². The van der Waals surface area contributed by atoms with E-state index < -0.39 is 35.2 Å². The van der Waals surface area contributed by atoms with Crippen LogP contribution in [-0.4, -0.2) is 35.0 Å². The van der Waals surface area contributed by atoms with Gasteiger partial charge in [0.25, 0.3) is 5.91 Å². The zero-order chi connectivity index (χ0) is 23.6. The maximum Gasteiger partial charge on any atom is 0.417 e. The van der Waals surface area contributed by atoms with Gasteiger partial charge in [-0.25, -0.2) is 4.79 Å². The first kappa shape index (κ1) is 23.9. The smallest absolute Gasteiger partial charge is 0.417 e. The molecule has 6 nitrogen and oxygen atoms in total. The number of hydrogen-bond donors (Lipinski definition) is 1. The molecule has 0 radical (unpaired) electrons. The Balaban J connectivity index is 1.90. The number of carbonyl (C=O) groups excluding carboxylic acids is 1. The summed E-state index contributed by atoms with van der Waals surface area (Å²) in [5.74, 6) is -1.32. The number of carboxylic acids is 1. The van der Waals surface area contributed by atoms with Crippen molar-refractivity contribution < 1.29 is 37.3 Å². The zero-order valence-electron chi connectivity index (χ0n) is 16.1. The van der Waals surface area contributed by atoms with E-state index in [0.29, 0.717) is 5.56 Å². The van der Waals surface area contributed by atoms with Crippen LogP contribution < -0.4 is 14.4 Å². The first-order valence-electron chi connectivity index (χ1n) is 8.68. The second-order valence-corrected chi connectivity index (χ2v) is 8.35. The van der Waals surface area contributed by atoms with Crippen LogP contribution in [0.25, 0.3) is 6.08 Å². The Hall–Kier alpha value is -2.76. The van der Waals surface area contributed by atoms with Crippen LogP contribution in [-0.2, 0) is 15.8 Å². The summed E-state index contributed by atoms with van der Waals surface area (Å²) in [7, 11) is 1.37. The van der Waals surface area contributed by atoms with Crippen molar-refractivity contribution >= 4 is 63.5 Å². The molecule has 12 heteroatoms. The van der Waals surface area contributed by atoms with E-state index in [2.05, 4.69) is 0 Å². The Bertz CT molecular complexity index is 1140. The number of nitrogens with zero attached hydrogens (tertiary/aromatic N) is 1. The largest absolute Gasteiger partial charge is 0.493 e. The molecule has 0 unspecified atom stereocenters. The lowest BCUT2D eigenvalue weighted by atomic mass is 10.1. The summed E-state index contributed by atoms with van der Waals surface area (Å²) in [6.45, 7) is -0.560. The second kappa shape index (κ2) is 9.39. The lowest BCUT2D eigenvalue weighted by Crippen LogP contribution is -2.27. The molecule has 0 atom stereocenters. The number of thiocarbonyl (C=S) groups is 1. The minimum Gasteiger partial charge on any atom is -0.493 e. The van der Waals surface area contributed by atoms with Gasteiger partial charge in [-0.1, -0.05) is 41.6 Å². The molecule has 3 rings (SSSR count). The Labute approximate surface area is 194 Å². The fourth-order valence-corrected chi connectivity index (χ4v) is 4.27. The van der Waals surface area contributed by atoms with Crippen LogP contribution in [0.15, 0.2) is 41.3 Å². The highest BCUT2D eigenvalue weighted by atomic mass is 35.5. The predicted octanol–water partition coefficient (Wildman–Crippen LogP) is 5.24. The van der Waals surface area contributed by atoms with Crippen LogP contribution in [0, 0.1) is 0 Å². The van der Waals surface area contributed by atoms with Gasteiger partial charge in [-0.3, -0.25) is 9.69 Å². The number of carboxylic acid groups (broad SMARTS) is 1. The molecule has 1 aliphatic heterocycles. The average Bonchev–Trinajstić information content (AvgIpc) is 2.99. The summed E-state index contributed by atoms with van der Waals surface area (Å²) in [4.78, 5) is 24.7. The van der Waals surface area contributed by atoms with Crippen molar-refractivity contribution in [2.45, 2.75) is 6.18 Å². The molecule has 0 bridgehead atoms. The fraction of sp³-hybridized carbons (Fsp3) is 0.150. The summed E-state index contributed by atoms with van der Waals surface area (Å²) >= 11 is 11.8. The minimum absolute atomic E-state index is 0.0531. The topological polar surface area (TPSA) is 76.1 Å². The lowest BCUT2D eigenvalue weighted by molar-refractivity contribution is -0.139. The molecule has 1 aliphatic rings. The van der Waals surface area contributed by atoms with Crippen molar-refractivity contribution in [3.8, 4) is 11.5 Å². The molecule has 0 aromatic heterocycles. The van der Waals surface area contributed by atoms with E-state index in [9.17, 15) is 22.8 Å². The van der Waals surface area contributed by atoms with Gasteiger partial charge < -0.3 is 14.6 Å². The van der Waals surface area contributed by atoms with Crippen molar-refractivity contribution in [1.29, 1.82) is 0 Å². The number of amides is 1. The van der Waals surface area contributed by atoms with Gasteiger partial charge in [-0.2, -0.15) is 13.2 Å². The SMILES string of the molecule is COc1cc(/C=C2/SC(=S)N(c3ccc(Cl)c(C(F)(F)F)c3)C2=O)ccc1OCC(=O)O. The van der Waals surface area contributed by atoms with Crippen molar-refractivity contribution in [3.63, 3.8) is 0 Å². The van der Waals surface area contributed by atoms with Crippen LogP contribution in [0.1, 0.15) is 11.1 Å². The van der Waals surface area contributed by atoms with Gasteiger partial charge in [0, 0.05) is 0 Å². The number of rotatable bonds is 6. The number of thioether (sulfide) groups is 1. The number of aliphatic carboxylic acids is 1. The average molecular weight is 504 g/mol. The number of hydrogen-bond acceptors (Lipinski definition) is 6. The first-order valence-corrected chi connectivity index (χ1v) is 10.3. The van der Waals surface area contributed by atoms with E-state index in [1.54, 1.807) is 6.07 Å².